The van der Waals surface area contributed by atoms with Gasteiger partial charge in [0.05, 0.1) is 5.75 Å². The molecule has 72 valence electrons. The molecule has 0 spiro atoms. The van der Waals surface area contributed by atoms with Crippen LogP contribution in [-0.4, -0.2) is 24.1 Å². The number of aryl methyl sites for hydroxylation is 2. The number of hydrogen-bond acceptors (Lipinski definition) is 4. The van der Waals surface area contributed by atoms with Crippen molar-refractivity contribution < 1.29 is 8.42 Å². The van der Waals surface area contributed by atoms with Crippen LogP contribution in [0.1, 0.15) is 11.3 Å². The zero-order valence-corrected chi connectivity index (χ0v) is 8.64. The van der Waals surface area contributed by atoms with E-state index in [2.05, 4.69) is 9.97 Å². The van der Waals surface area contributed by atoms with Gasteiger partial charge >= 0.3 is 0 Å². The highest BCUT2D eigenvalue weighted by Crippen LogP contribution is 2.06. The van der Waals surface area contributed by atoms with Crippen LogP contribution in [0, 0.1) is 6.92 Å². The second-order valence-corrected chi connectivity index (χ2v) is 5.52. The van der Waals surface area contributed by atoms with Crippen LogP contribution in [-0.2, 0) is 15.5 Å². The van der Waals surface area contributed by atoms with Gasteiger partial charge in [-0.25, -0.2) is 18.4 Å². The van der Waals surface area contributed by atoms with Crippen molar-refractivity contribution in [1.29, 1.82) is 0 Å². The van der Waals surface area contributed by atoms with Gasteiger partial charge in [0, 0.05) is 22.6 Å². The molecule has 0 radical (unpaired) electrons. The summed E-state index contributed by atoms with van der Waals surface area (Å²) in [6, 6.07) is 0. The van der Waals surface area contributed by atoms with E-state index in [0.717, 1.165) is 11.3 Å². The summed E-state index contributed by atoms with van der Waals surface area (Å²) in [4.78, 5) is 7.73. The van der Waals surface area contributed by atoms with Gasteiger partial charge in [0.1, 0.15) is 6.33 Å². The molecular formula is C7H9ClN2O2S. The average molecular weight is 221 g/mol. The van der Waals surface area contributed by atoms with E-state index < -0.39 is 9.05 Å². The van der Waals surface area contributed by atoms with E-state index in [1.165, 1.54) is 6.33 Å². The molecule has 0 fully saturated rings. The van der Waals surface area contributed by atoms with Gasteiger partial charge in [-0.1, -0.05) is 0 Å². The van der Waals surface area contributed by atoms with E-state index in [-0.39, 0.29) is 5.75 Å². The van der Waals surface area contributed by atoms with Crippen LogP contribution >= 0.6 is 10.7 Å². The Hall–Kier alpha value is -0.680. The van der Waals surface area contributed by atoms with Crippen LogP contribution in [0.4, 0.5) is 0 Å². The van der Waals surface area contributed by atoms with E-state index >= 15 is 0 Å². The van der Waals surface area contributed by atoms with E-state index in [9.17, 15) is 8.42 Å². The van der Waals surface area contributed by atoms with Gasteiger partial charge in [0.25, 0.3) is 0 Å². The number of rotatable bonds is 3. The SMILES string of the molecule is Cc1ncncc1CCS(=O)(=O)Cl. The summed E-state index contributed by atoms with van der Waals surface area (Å²) < 4.78 is 21.3. The zero-order valence-electron chi connectivity index (χ0n) is 7.07. The molecule has 1 heterocycles. The third-order valence-electron chi connectivity index (χ3n) is 1.63. The summed E-state index contributed by atoms with van der Waals surface area (Å²) in [5, 5.41) is 0. The first kappa shape index (κ1) is 10.4. The van der Waals surface area contributed by atoms with Crippen LogP contribution in [0.25, 0.3) is 0 Å². The molecule has 0 amide bonds. The highest BCUT2D eigenvalue weighted by Gasteiger charge is 2.07. The van der Waals surface area contributed by atoms with Crippen LogP contribution in [0.2, 0.25) is 0 Å². The molecule has 0 aliphatic rings. The average Bonchev–Trinajstić information content (AvgIpc) is 2.01. The minimum atomic E-state index is -3.42. The number of aromatic nitrogens is 2. The normalized spacial score (nSPS) is 11.5. The predicted molar refractivity (Wildman–Crippen MR) is 50.1 cm³/mol. The summed E-state index contributed by atoms with van der Waals surface area (Å²) >= 11 is 0. The van der Waals surface area contributed by atoms with Gasteiger partial charge in [0.2, 0.25) is 9.05 Å². The molecule has 4 nitrogen and oxygen atoms in total. The number of nitrogens with zero attached hydrogens (tertiary/aromatic N) is 2. The monoisotopic (exact) mass is 220 g/mol. The molecule has 1 aromatic heterocycles. The summed E-state index contributed by atoms with van der Waals surface area (Å²) in [5.74, 6) is -0.0806. The Labute approximate surface area is 81.4 Å². The second kappa shape index (κ2) is 4.02. The molecule has 1 rings (SSSR count). The van der Waals surface area contributed by atoms with Gasteiger partial charge in [-0.05, 0) is 18.9 Å². The maximum atomic E-state index is 10.6. The van der Waals surface area contributed by atoms with E-state index in [1.54, 1.807) is 13.1 Å². The fourth-order valence-corrected chi connectivity index (χ4v) is 1.59. The van der Waals surface area contributed by atoms with Crippen LogP contribution < -0.4 is 0 Å². The molecular weight excluding hydrogens is 212 g/mol. The van der Waals surface area contributed by atoms with Gasteiger partial charge in [-0.3, -0.25) is 0 Å². The molecule has 0 aliphatic heterocycles. The first-order valence-corrected chi connectivity index (χ1v) is 6.15. The Morgan fingerprint density at radius 2 is 2.23 bits per heavy atom. The summed E-state index contributed by atoms with van der Waals surface area (Å²) in [7, 11) is 1.64. The van der Waals surface area contributed by atoms with Crippen molar-refractivity contribution in [1.82, 2.24) is 9.97 Å². The summed E-state index contributed by atoms with van der Waals surface area (Å²) in [6.07, 6.45) is 3.39. The zero-order chi connectivity index (χ0) is 9.90. The predicted octanol–water partition coefficient (Wildman–Crippen LogP) is 0.896. The van der Waals surface area contributed by atoms with Gasteiger partial charge < -0.3 is 0 Å². The van der Waals surface area contributed by atoms with Crippen molar-refractivity contribution in [3.63, 3.8) is 0 Å². The molecule has 0 aliphatic carbocycles. The topological polar surface area (TPSA) is 59.9 Å². The van der Waals surface area contributed by atoms with Gasteiger partial charge in [0.15, 0.2) is 0 Å². The third kappa shape index (κ3) is 3.69. The third-order valence-corrected chi connectivity index (χ3v) is 2.78. The van der Waals surface area contributed by atoms with Crippen molar-refractivity contribution in [3.05, 3.63) is 23.8 Å². The molecule has 0 unspecified atom stereocenters. The quantitative estimate of drug-likeness (QED) is 0.710. The lowest BCUT2D eigenvalue weighted by atomic mass is 10.2. The molecule has 1 aromatic rings. The lowest BCUT2D eigenvalue weighted by Crippen LogP contribution is -2.03. The minimum absolute atomic E-state index is 0.0806. The number of hydrogen-bond donors (Lipinski definition) is 0. The number of halogens is 1. The highest BCUT2D eigenvalue weighted by molar-refractivity contribution is 8.13. The van der Waals surface area contributed by atoms with Crippen LogP contribution in [0.15, 0.2) is 12.5 Å². The molecule has 0 N–H and O–H groups in total. The molecule has 0 saturated heterocycles. The molecule has 6 heteroatoms. The standard InChI is InChI=1S/C7H9ClN2O2S/c1-6-7(4-9-5-10-6)2-3-13(8,11)12/h4-5H,2-3H2,1H3. The Kier molecular flexibility index (Phi) is 3.22. The van der Waals surface area contributed by atoms with E-state index in [4.69, 9.17) is 10.7 Å². The molecule has 0 atom stereocenters. The molecule has 0 saturated carbocycles. The Morgan fingerprint density at radius 3 is 2.77 bits per heavy atom. The van der Waals surface area contributed by atoms with Crippen LogP contribution in [0.5, 0.6) is 0 Å². The highest BCUT2D eigenvalue weighted by atomic mass is 35.7. The first-order valence-electron chi connectivity index (χ1n) is 3.67. The molecule has 13 heavy (non-hydrogen) atoms. The van der Waals surface area contributed by atoms with Crippen molar-refractivity contribution >= 4 is 19.7 Å². The van der Waals surface area contributed by atoms with E-state index in [1.807, 2.05) is 0 Å². The van der Waals surface area contributed by atoms with Crippen molar-refractivity contribution in [2.75, 3.05) is 5.75 Å². The van der Waals surface area contributed by atoms with Crippen molar-refractivity contribution in [3.8, 4) is 0 Å². The Bertz CT molecular complexity index is 391. The fraction of sp³-hybridized carbons (Fsp3) is 0.429. The lowest BCUT2D eigenvalue weighted by Gasteiger charge is -2.00. The fourth-order valence-electron chi connectivity index (χ4n) is 0.897. The second-order valence-electron chi connectivity index (χ2n) is 2.63. The summed E-state index contributed by atoms with van der Waals surface area (Å²) in [6.45, 7) is 1.80. The minimum Gasteiger partial charge on any atom is -0.245 e. The van der Waals surface area contributed by atoms with Gasteiger partial charge in [-0.15, -0.1) is 0 Å². The largest absolute Gasteiger partial charge is 0.245 e. The smallest absolute Gasteiger partial charge is 0.232 e. The van der Waals surface area contributed by atoms with E-state index in [0.29, 0.717) is 6.42 Å². The molecule has 0 aromatic carbocycles. The van der Waals surface area contributed by atoms with Gasteiger partial charge in [-0.2, -0.15) is 0 Å². The Morgan fingerprint density at radius 1 is 1.54 bits per heavy atom. The lowest BCUT2D eigenvalue weighted by molar-refractivity contribution is 0.608. The first-order chi connectivity index (χ1) is 5.99. The summed E-state index contributed by atoms with van der Waals surface area (Å²) in [5.41, 5.74) is 1.60. The van der Waals surface area contributed by atoms with Crippen molar-refractivity contribution in [2.45, 2.75) is 13.3 Å². The Balaban J connectivity index is 2.71. The maximum Gasteiger partial charge on any atom is 0.232 e. The van der Waals surface area contributed by atoms with Crippen LogP contribution in [0.3, 0.4) is 0 Å². The molecule has 0 bridgehead atoms. The van der Waals surface area contributed by atoms with Crippen molar-refractivity contribution in [2.24, 2.45) is 0 Å². The maximum absolute atomic E-state index is 10.6.